The molecule has 1 aliphatic rings. The largest absolute Gasteiger partial charge is 0.462 e. The first-order chi connectivity index (χ1) is 7.83. The van der Waals surface area contributed by atoms with E-state index < -0.39 is 0 Å². The number of carbonyl (C=O) groups excluding carboxylic acids is 1. The standard InChI is InChI=1S/C14H14O2/c1-2-16-14(15)13-10-6-5-9-12(13)11-7-3-4-8-11/h3-11H,2H2,1H3. The molecule has 2 rings (SSSR count). The fourth-order valence-corrected chi connectivity index (χ4v) is 1.82. The van der Waals surface area contributed by atoms with E-state index >= 15 is 0 Å². The van der Waals surface area contributed by atoms with Crippen molar-refractivity contribution in [2.75, 3.05) is 6.61 Å². The summed E-state index contributed by atoms with van der Waals surface area (Å²) in [5.41, 5.74) is 1.66. The Morgan fingerprint density at radius 2 is 1.94 bits per heavy atom. The van der Waals surface area contributed by atoms with Gasteiger partial charge in [-0.05, 0) is 18.6 Å². The number of hydrogen-bond donors (Lipinski definition) is 0. The van der Waals surface area contributed by atoms with Crippen LogP contribution in [0, 0.1) is 0 Å². The lowest BCUT2D eigenvalue weighted by atomic mass is 9.95. The highest BCUT2D eigenvalue weighted by molar-refractivity contribution is 5.91. The van der Waals surface area contributed by atoms with Crippen molar-refractivity contribution in [3.63, 3.8) is 0 Å². The highest BCUT2D eigenvalue weighted by Crippen LogP contribution is 2.26. The van der Waals surface area contributed by atoms with E-state index in [4.69, 9.17) is 4.74 Å². The molecule has 0 aromatic heterocycles. The minimum absolute atomic E-state index is 0.195. The van der Waals surface area contributed by atoms with Crippen LogP contribution in [0.1, 0.15) is 28.8 Å². The normalized spacial score (nSPS) is 14.3. The van der Waals surface area contributed by atoms with Crippen molar-refractivity contribution >= 4 is 5.97 Å². The van der Waals surface area contributed by atoms with Crippen LogP contribution in [-0.2, 0) is 4.74 Å². The second kappa shape index (κ2) is 4.79. The number of rotatable bonds is 3. The zero-order chi connectivity index (χ0) is 11.4. The van der Waals surface area contributed by atoms with Crippen molar-refractivity contribution < 1.29 is 9.53 Å². The molecule has 0 radical (unpaired) electrons. The molecule has 0 saturated heterocycles. The highest BCUT2D eigenvalue weighted by atomic mass is 16.5. The van der Waals surface area contributed by atoms with Crippen LogP contribution in [0.25, 0.3) is 0 Å². The minimum atomic E-state index is -0.244. The number of allylic oxidation sites excluding steroid dienone is 4. The molecule has 0 bridgehead atoms. The fraction of sp³-hybridized carbons (Fsp3) is 0.214. The second-order valence-electron chi connectivity index (χ2n) is 3.60. The number of ether oxygens (including phenoxy) is 1. The second-order valence-corrected chi connectivity index (χ2v) is 3.60. The molecule has 2 heteroatoms. The van der Waals surface area contributed by atoms with Crippen molar-refractivity contribution in [1.82, 2.24) is 0 Å². The van der Waals surface area contributed by atoms with E-state index in [1.807, 2.05) is 43.3 Å². The maximum absolute atomic E-state index is 11.8. The lowest BCUT2D eigenvalue weighted by molar-refractivity contribution is 0.0525. The van der Waals surface area contributed by atoms with Gasteiger partial charge < -0.3 is 4.74 Å². The lowest BCUT2D eigenvalue weighted by Crippen LogP contribution is -2.09. The molecule has 2 nitrogen and oxygen atoms in total. The van der Waals surface area contributed by atoms with Gasteiger partial charge in [0, 0.05) is 5.92 Å². The lowest BCUT2D eigenvalue weighted by Gasteiger charge is -2.11. The topological polar surface area (TPSA) is 26.3 Å². The molecule has 0 unspecified atom stereocenters. The molecule has 0 N–H and O–H groups in total. The third kappa shape index (κ3) is 2.06. The summed E-state index contributed by atoms with van der Waals surface area (Å²) in [5.74, 6) is -0.0487. The van der Waals surface area contributed by atoms with E-state index in [0.717, 1.165) is 5.56 Å². The van der Waals surface area contributed by atoms with Gasteiger partial charge in [-0.2, -0.15) is 0 Å². The number of benzene rings is 1. The molecule has 0 aliphatic heterocycles. The van der Waals surface area contributed by atoms with Crippen molar-refractivity contribution in [3.8, 4) is 0 Å². The summed E-state index contributed by atoms with van der Waals surface area (Å²) in [6.07, 6.45) is 8.12. The van der Waals surface area contributed by atoms with Crippen molar-refractivity contribution in [2.24, 2.45) is 0 Å². The smallest absolute Gasteiger partial charge is 0.338 e. The summed E-state index contributed by atoms with van der Waals surface area (Å²) in [7, 11) is 0. The number of hydrogen-bond acceptors (Lipinski definition) is 2. The van der Waals surface area contributed by atoms with E-state index in [-0.39, 0.29) is 11.9 Å². The van der Waals surface area contributed by atoms with Gasteiger partial charge in [-0.3, -0.25) is 0 Å². The maximum atomic E-state index is 11.8. The Kier molecular flexibility index (Phi) is 3.20. The predicted octanol–water partition coefficient (Wildman–Crippen LogP) is 3.07. The quantitative estimate of drug-likeness (QED) is 0.723. The van der Waals surface area contributed by atoms with Gasteiger partial charge in [0.25, 0.3) is 0 Å². The molecule has 82 valence electrons. The van der Waals surface area contributed by atoms with Crippen molar-refractivity contribution in [3.05, 3.63) is 59.7 Å². The van der Waals surface area contributed by atoms with Crippen LogP contribution in [0.4, 0.5) is 0 Å². The van der Waals surface area contributed by atoms with Gasteiger partial charge in [0.15, 0.2) is 0 Å². The van der Waals surface area contributed by atoms with E-state index in [0.29, 0.717) is 12.2 Å². The summed E-state index contributed by atoms with van der Waals surface area (Å²) in [4.78, 5) is 11.8. The molecule has 16 heavy (non-hydrogen) atoms. The third-order valence-corrected chi connectivity index (χ3v) is 2.56. The molecule has 0 atom stereocenters. The van der Waals surface area contributed by atoms with E-state index in [1.165, 1.54) is 0 Å². The van der Waals surface area contributed by atoms with Crippen LogP contribution in [0.15, 0.2) is 48.6 Å². The number of carbonyl (C=O) groups is 1. The van der Waals surface area contributed by atoms with Crippen LogP contribution < -0.4 is 0 Å². The zero-order valence-electron chi connectivity index (χ0n) is 9.22. The van der Waals surface area contributed by atoms with E-state index in [1.54, 1.807) is 0 Å². The SMILES string of the molecule is CCOC(=O)c1ccccc1C1C=CC=C1. The number of esters is 1. The Morgan fingerprint density at radius 1 is 1.25 bits per heavy atom. The first-order valence-corrected chi connectivity index (χ1v) is 5.44. The molecule has 0 heterocycles. The minimum Gasteiger partial charge on any atom is -0.462 e. The zero-order valence-corrected chi connectivity index (χ0v) is 9.22. The van der Waals surface area contributed by atoms with E-state index in [2.05, 4.69) is 12.2 Å². The highest BCUT2D eigenvalue weighted by Gasteiger charge is 2.16. The predicted molar refractivity (Wildman–Crippen MR) is 63.4 cm³/mol. The monoisotopic (exact) mass is 214 g/mol. The molecule has 1 aromatic rings. The molecule has 1 aliphatic carbocycles. The fourth-order valence-electron chi connectivity index (χ4n) is 1.82. The molecule has 1 aromatic carbocycles. The Hall–Kier alpha value is -1.83. The average Bonchev–Trinajstić information content (AvgIpc) is 2.83. The summed E-state index contributed by atoms with van der Waals surface area (Å²) < 4.78 is 5.04. The van der Waals surface area contributed by atoms with Crippen LogP contribution in [0.5, 0.6) is 0 Å². The molecular formula is C14H14O2. The van der Waals surface area contributed by atoms with Gasteiger partial charge in [-0.1, -0.05) is 42.5 Å². The Labute approximate surface area is 95.2 Å². The Balaban J connectivity index is 2.33. The summed E-state index contributed by atoms with van der Waals surface area (Å²) in [6.45, 7) is 2.22. The Morgan fingerprint density at radius 3 is 2.62 bits per heavy atom. The molecule has 0 spiro atoms. The molecule has 0 amide bonds. The molecule has 0 saturated carbocycles. The van der Waals surface area contributed by atoms with E-state index in [9.17, 15) is 4.79 Å². The van der Waals surface area contributed by atoms with Crippen LogP contribution in [-0.4, -0.2) is 12.6 Å². The summed E-state index contributed by atoms with van der Waals surface area (Å²) in [5, 5.41) is 0. The summed E-state index contributed by atoms with van der Waals surface area (Å²) >= 11 is 0. The van der Waals surface area contributed by atoms with Gasteiger partial charge >= 0.3 is 5.97 Å². The van der Waals surface area contributed by atoms with Crippen molar-refractivity contribution in [2.45, 2.75) is 12.8 Å². The van der Waals surface area contributed by atoms with Gasteiger partial charge in [-0.15, -0.1) is 0 Å². The van der Waals surface area contributed by atoms with Crippen LogP contribution in [0.2, 0.25) is 0 Å². The van der Waals surface area contributed by atoms with Gasteiger partial charge in [0.2, 0.25) is 0 Å². The Bertz CT molecular complexity index is 432. The van der Waals surface area contributed by atoms with Gasteiger partial charge in [-0.25, -0.2) is 4.79 Å². The van der Waals surface area contributed by atoms with Gasteiger partial charge in [0.05, 0.1) is 12.2 Å². The summed E-state index contributed by atoms with van der Waals surface area (Å²) in [6, 6.07) is 7.58. The molecular weight excluding hydrogens is 200 g/mol. The van der Waals surface area contributed by atoms with Gasteiger partial charge in [0.1, 0.15) is 0 Å². The maximum Gasteiger partial charge on any atom is 0.338 e. The van der Waals surface area contributed by atoms with Crippen LogP contribution >= 0.6 is 0 Å². The molecule has 0 fully saturated rings. The first-order valence-electron chi connectivity index (χ1n) is 5.44. The average molecular weight is 214 g/mol. The first kappa shape index (κ1) is 10.7. The third-order valence-electron chi connectivity index (χ3n) is 2.56. The van der Waals surface area contributed by atoms with Crippen LogP contribution in [0.3, 0.4) is 0 Å². The van der Waals surface area contributed by atoms with Crippen molar-refractivity contribution in [1.29, 1.82) is 0 Å².